The number of nitrogens with zero attached hydrogens (tertiary/aromatic N) is 2. The number of hydrogen-bond acceptors (Lipinski definition) is 4. The molecule has 26 heavy (non-hydrogen) atoms. The Bertz CT molecular complexity index is 735. The fraction of sp³-hybridized carbons (Fsp3) is 0.316. The van der Waals surface area contributed by atoms with Gasteiger partial charge in [0.25, 0.3) is 5.69 Å². The zero-order valence-electron chi connectivity index (χ0n) is 15.0. The molecule has 0 aromatic heterocycles. The molecule has 0 unspecified atom stereocenters. The molecule has 0 fully saturated rings. The van der Waals surface area contributed by atoms with Crippen LogP contribution >= 0.6 is 0 Å². The van der Waals surface area contributed by atoms with Gasteiger partial charge in [0.2, 0.25) is 0 Å². The number of nitrogens with one attached hydrogen (secondary N) is 2. The number of likely N-dealkylation sites (N-methyl/N-ethyl adjacent to an activating group) is 1. The number of benzene rings is 2. The lowest BCUT2D eigenvalue weighted by Crippen LogP contribution is -2.44. The van der Waals surface area contributed by atoms with Gasteiger partial charge in [0.1, 0.15) is 0 Å². The number of nitro benzene ring substituents is 1. The summed E-state index contributed by atoms with van der Waals surface area (Å²) in [5, 5.41) is 16.4. The van der Waals surface area contributed by atoms with E-state index in [4.69, 9.17) is 0 Å². The highest BCUT2D eigenvalue weighted by Crippen LogP contribution is 2.12. The molecule has 0 aliphatic rings. The topological polar surface area (TPSA) is 87.5 Å². The van der Waals surface area contributed by atoms with Crippen molar-refractivity contribution in [2.24, 2.45) is 0 Å². The number of rotatable bonds is 8. The van der Waals surface area contributed by atoms with E-state index in [2.05, 4.69) is 27.7 Å². The highest BCUT2D eigenvalue weighted by Gasteiger charge is 2.14. The number of urea groups is 1. The lowest BCUT2D eigenvalue weighted by Gasteiger charge is -2.24. The summed E-state index contributed by atoms with van der Waals surface area (Å²) in [5.41, 5.74) is 1.91. The maximum atomic E-state index is 12.0. The van der Waals surface area contributed by atoms with Gasteiger partial charge in [-0.05, 0) is 31.6 Å². The minimum Gasteiger partial charge on any atom is -0.337 e. The highest BCUT2D eigenvalue weighted by atomic mass is 16.6. The Balaban J connectivity index is 1.82. The van der Waals surface area contributed by atoms with E-state index in [9.17, 15) is 14.9 Å². The summed E-state index contributed by atoms with van der Waals surface area (Å²) in [6, 6.07) is 16.2. The Morgan fingerprint density at radius 3 is 2.42 bits per heavy atom. The molecule has 0 aliphatic carbocycles. The molecule has 2 aromatic carbocycles. The van der Waals surface area contributed by atoms with E-state index in [1.54, 1.807) is 12.1 Å². The average Bonchev–Trinajstić information content (AvgIpc) is 2.64. The molecule has 7 nitrogen and oxygen atoms in total. The van der Waals surface area contributed by atoms with Crippen LogP contribution in [0.3, 0.4) is 0 Å². The fourth-order valence-corrected chi connectivity index (χ4v) is 2.56. The Kier molecular flexibility index (Phi) is 7.11. The van der Waals surface area contributed by atoms with Crippen molar-refractivity contribution in [1.82, 2.24) is 15.5 Å². The van der Waals surface area contributed by atoms with Gasteiger partial charge in [0, 0.05) is 31.3 Å². The van der Waals surface area contributed by atoms with E-state index in [1.807, 2.05) is 32.3 Å². The molecule has 0 saturated heterocycles. The number of carbonyl (C=O) groups excluding carboxylic acids is 1. The van der Waals surface area contributed by atoms with Crippen LogP contribution in [0.4, 0.5) is 10.5 Å². The molecule has 7 heteroatoms. The number of amides is 2. The van der Waals surface area contributed by atoms with Crippen molar-refractivity contribution >= 4 is 11.7 Å². The quantitative estimate of drug-likeness (QED) is 0.562. The summed E-state index contributed by atoms with van der Waals surface area (Å²) in [6.45, 7) is 0.738. The van der Waals surface area contributed by atoms with Crippen LogP contribution in [-0.4, -0.2) is 42.5 Å². The van der Waals surface area contributed by atoms with Gasteiger partial charge >= 0.3 is 6.03 Å². The second-order valence-corrected chi connectivity index (χ2v) is 6.30. The number of hydrogen-bond donors (Lipinski definition) is 2. The normalized spacial score (nSPS) is 11.8. The van der Waals surface area contributed by atoms with Crippen molar-refractivity contribution < 1.29 is 9.72 Å². The van der Waals surface area contributed by atoms with Crippen molar-refractivity contribution in [2.75, 3.05) is 20.6 Å². The monoisotopic (exact) mass is 356 g/mol. The van der Waals surface area contributed by atoms with Gasteiger partial charge < -0.3 is 15.5 Å². The van der Waals surface area contributed by atoms with Gasteiger partial charge in [-0.3, -0.25) is 10.1 Å². The minimum absolute atomic E-state index is 0.0141. The Morgan fingerprint density at radius 1 is 1.08 bits per heavy atom. The third-order valence-electron chi connectivity index (χ3n) is 4.12. The molecule has 0 radical (unpaired) electrons. The summed E-state index contributed by atoms with van der Waals surface area (Å²) < 4.78 is 0. The van der Waals surface area contributed by atoms with Crippen molar-refractivity contribution in [2.45, 2.75) is 19.0 Å². The molecule has 2 N–H and O–H groups in total. The largest absolute Gasteiger partial charge is 0.337 e. The van der Waals surface area contributed by atoms with Crippen LogP contribution in [0.25, 0.3) is 0 Å². The van der Waals surface area contributed by atoms with Crippen molar-refractivity contribution in [1.29, 1.82) is 0 Å². The van der Waals surface area contributed by atoms with Gasteiger partial charge in [-0.1, -0.05) is 42.5 Å². The van der Waals surface area contributed by atoms with Gasteiger partial charge in [0.15, 0.2) is 0 Å². The van der Waals surface area contributed by atoms with Crippen molar-refractivity contribution in [3.63, 3.8) is 0 Å². The third-order valence-corrected chi connectivity index (χ3v) is 4.12. The third kappa shape index (κ3) is 6.18. The van der Waals surface area contributed by atoms with E-state index in [1.165, 1.54) is 17.7 Å². The maximum Gasteiger partial charge on any atom is 0.315 e. The molecule has 2 amide bonds. The standard InChI is InChI=1S/C19H24N4O3/c1-22(2)18(11-15-7-4-3-5-8-15)14-21-19(24)20-13-16-9-6-10-17(12-16)23(25)26/h3-10,12,18H,11,13-14H2,1-2H3,(H2,20,21,24)/t18-/m1/s1. The average molecular weight is 356 g/mol. The molecule has 138 valence electrons. The maximum absolute atomic E-state index is 12.0. The number of non-ortho nitro benzene ring substituents is 1. The van der Waals surface area contributed by atoms with E-state index in [0.29, 0.717) is 12.1 Å². The first-order valence-corrected chi connectivity index (χ1v) is 8.41. The van der Waals surface area contributed by atoms with Crippen LogP contribution in [0.2, 0.25) is 0 Å². The van der Waals surface area contributed by atoms with Crippen molar-refractivity contribution in [3.05, 3.63) is 75.8 Å². The van der Waals surface area contributed by atoms with Crippen LogP contribution in [-0.2, 0) is 13.0 Å². The second kappa shape index (κ2) is 9.53. The van der Waals surface area contributed by atoms with Gasteiger partial charge in [-0.2, -0.15) is 0 Å². The van der Waals surface area contributed by atoms with E-state index in [0.717, 1.165) is 6.42 Å². The highest BCUT2D eigenvalue weighted by molar-refractivity contribution is 5.73. The van der Waals surface area contributed by atoms with Gasteiger partial charge in [-0.15, -0.1) is 0 Å². The molecule has 1 atom stereocenters. The first kappa shape index (κ1) is 19.4. The van der Waals surface area contributed by atoms with Gasteiger partial charge in [-0.25, -0.2) is 4.79 Å². The summed E-state index contributed by atoms with van der Waals surface area (Å²) >= 11 is 0. The predicted octanol–water partition coefficient (Wildman–Crippen LogP) is 2.57. The SMILES string of the molecule is CN(C)[C@@H](CNC(=O)NCc1cccc([N+](=O)[O-])c1)Cc1ccccc1. The Morgan fingerprint density at radius 2 is 1.77 bits per heavy atom. The fourth-order valence-electron chi connectivity index (χ4n) is 2.56. The van der Waals surface area contributed by atoms with E-state index >= 15 is 0 Å². The molecule has 0 spiro atoms. The van der Waals surface area contributed by atoms with Crippen LogP contribution in [0.15, 0.2) is 54.6 Å². The first-order valence-electron chi connectivity index (χ1n) is 8.41. The number of nitro groups is 1. The lowest BCUT2D eigenvalue weighted by molar-refractivity contribution is -0.384. The molecular formula is C19H24N4O3. The first-order chi connectivity index (χ1) is 12.5. The molecule has 0 saturated carbocycles. The summed E-state index contributed by atoms with van der Waals surface area (Å²) in [7, 11) is 3.96. The Labute approximate surface area is 153 Å². The molecule has 0 aliphatic heterocycles. The molecular weight excluding hydrogens is 332 g/mol. The summed E-state index contributed by atoms with van der Waals surface area (Å²) in [5.74, 6) is 0. The molecule has 2 rings (SSSR count). The van der Waals surface area contributed by atoms with Crippen LogP contribution in [0.5, 0.6) is 0 Å². The predicted molar refractivity (Wildman–Crippen MR) is 101 cm³/mol. The van der Waals surface area contributed by atoms with Gasteiger partial charge in [0.05, 0.1) is 4.92 Å². The molecule has 0 heterocycles. The number of carbonyl (C=O) groups is 1. The summed E-state index contributed by atoms with van der Waals surface area (Å²) in [4.78, 5) is 24.5. The zero-order chi connectivity index (χ0) is 18.9. The second-order valence-electron chi connectivity index (χ2n) is 6.30. The molecule has 2 aromatic rings. The van der Waals surface area contributed by atoms with Crippen molar-refractivity contribution in [3.8, 4) is 0 Å². The van der Waals surface area contributed by atoms with E-state index in [-0.39, 0.29) is 24.3 Å². The minimum atomic E-state index is -0.450. The van der Waals surface area contributed by atoms with E-state index < -0.39 is 4.92 Å². The summed E-state index contributed by atoms with van der Waals surface area (Å²) in [6.07, 6.45) is 0.832. The molecule has 0 bridgehead atoms. The van der Waals surface area contributed by atoms with Crippen LogP contribution in [0, 0.1) is 10.1 Å². The van der Waals surface area contributed by atoms with Crippen LogP contribution in [0.1, 0.15) is 11.1 Å². The lowest BCUT2D eigenvalue weighted by atomic mass is 10.1. The zero-order valence-corrected chi connectivity index (χ0v) is 15.0. The van der Waals surface area contributed by atoms with Crippen LogP contribution < -0.4 is 10.6 Å². The smallest absolute Gasteiger partial charge is 0.315 e. The Hall–Kier alpha value is -2.93.